The summed E-state index contributed by atoms with van der Waals surface area (Å²) in [6.45, 7) is 0.947. The van der Waals surface area contributed by atoms with Crippen LogP contribution >= 0.6 is 0 Å². The Labute approximate surface area is 216 Å². The third-order valence-electron chi connectivity index (χ3n) is 6.24. The smallest absolute Gasteiger partial charge is 0.410 e. The third-order valence-corrected chi connectivity index (χ3v) is 6.24. The highest BCUT2D eigenvalue weighted by molar-refractivity contribution is 5.91. The number of amides is 3. The lowest BCUT2D eigenvalue weighted by molar-refractivity contribution is -0.130. The van der Waals surface area contributed by atoms with E-state index in [1.807, 2.05) is 84.9 Å². The topological polar surface area (TPSA) is 111 Å². The van der Waals surface area contributed by atoms with Gasteiger partial charge >= 0.3 is 6.09 Å². The van der Waals surface area contributed by atoms with Crippen molar-refractivity contribution >= 4 is 17.9 Å². The van der Waals surface area contributed by atoms with Crippen molar-refractivity contribution in [3.8, 4) is 5.75 Å². The highest BCUT2D eigenvalue weighted by atomic mass is 16.6. The van der Waals surface area contributed by atoms with Crippen LogP contribution in [-0.4, -0.2) is 41.4 Å². The summed E-state index contributed by atoms with van der Waals surface area (Å²) >= 11 is 0. The van der Waals surface area contributed by atoms with Gasteiger partial charge in [0.05, 0.1) is 0 Å². The Morgan fingerprint density at radius 3 is 2.22 bits per heavy atom. The molecule has 0 saturated carbocycles. The van der Waals surface area contributed by atoms with E-state index in [9.17, 15) is 14.4 Å². The van der Waals surface area contributed by atoms with Gasteiger partial charge in [-0.25, -0.2) is 4.79 Å². The number of ether oxygens (including phenoxy) is 2. The van der Waals surface area contributed by atoms with Gasteiger partial charge in [-0.2, -0.15) is 0 Å². The number of nitrogens with two attached hydrogens (primary N) is 1. The Hall–Kier alpha value is -4.33. The van der Waals surface area contributed by atoms with Gasteiger partial charge in [-0.05, 0) is 41.7 Å². The number of carbonyl (C=O) groups is 3. The Bertz CT molecular complexity index is 1200. The van der Waals surface area contributed by atoms with Gasteiger partial charge in [0.1, 0.15) is 31.0 Å². The van der Waals surface area contributed by atoms with Crippen LogP contribution in [0.5, 0.6) is 5.75 Å². The molecule has 8 nitrogen and oxygen atoms in total. The van der Waals surface area contributed by atoms with Crippen LogP contribution < -0.4 is 15.8 Å². The molecule has 0 spiro atoms. The first-order chi connectivity index (χ1) is 18.0. The maximum absolute atomic E-state index is 13.1. The summed E-state index contributed by atoms with van der Waals surface area (Å²) in [5.74, 6) is -0.423. The molecule has 1 saturated heterocycles. The number of hydrogen-bond donors (Lipinski definition) is 2. The Kier molecular flexibility index (Phi) is 8.75. The highest BCUT2D eigenvalue weighted by Crippen LogP contribution is 2.20. The van der Waals surface area contributed by atoms with Gasteiger partial charge in [0.25, 0.3) is 0 Å². The normalized spacial score (nSPS) is 15.6. The Morgan fingerprint density at radius 2 is 1.54 bits per heavy atom. The first-order valence-corrected chi connectivity index (χ1v) is 12.3. The fraction of sp³-hybridized carbons (Fsp3) is 0.276. The molecule has 3 aromatic rings. The molecule has 3 amide bonds. The first-order valence-electron chi connectivity index (χ1n) is 12.3. The van der Waals surface area contributed by atoms with Crippen molar-refractivity contribution in [3.63, 3.8) is 0 Å². The van der Waals surface area contributed by atoms with Crippen LogP contribution in [0.4, 0.5) is 4.79 Å². The van der Waals surface area contributed by atoms with E-state index in [0.29, 0.717) is 31.7 Å². The molecule has 4 rings (SSSR count). The standard InChI is InChI=1S/C29H31N3O5/c30-27(33)25(18-23-13-7-14-24(17-23)36-19-21-9-3-1-4-10-21)31-28(34)26-15-8-16-32(26)29(35)37-20-22-11-5-2-6-12-22/h1-7,9-14,17,25-26H,8,15-16,18-20H2,(H2,30,33)(H,31,34)/t25-,26+/m0/s1. The maximum atomic E-state index is 13.1. The van der Waals surface area contributed by atoms with Gasteiger partial charge < -0.3 is 20.5 Å². The molecule has 1 fully saturated rings. The lowest BCUT2D eigenvalue weighted by atomic mass is 10.0. The summed E-state index contributed by atoms with van der Waals surface area (Å²) in [4.78, 5) is 39.3. The maximum Gasteiger partial charge on any atom is 0.410 e. The van der Waals surface area contributed by atoms with Crippen molar-refractivity contribution in [2.75, 3.05) is 6.54 Å². The lowest BCUT2D eigenvalue weighted by Crippen LogP contribution is -2.53. The molecule has 1 aliphatic heterocycles. The SMILES string of the molecule is NC(=O)[C@H](Cc1cccc(OCc2ccccc2)c1)NC(=O)[C@H]1CCCN1C(=O)OCc1ccccc1. The minimum Gasteiger partial charge on any atom is -0.489 e. The lowest BCUT2D eigenvalue weighted by Gasteiger charge is -2.25. The first kappa shape index (κ1) is 25.8. The number of carbonyl (C=O) groups excluding carboxylic acids is 3. The molecule has 8 heteroatoms. The second-order valence-corrected chi connectivity index (χ2v) is 8.98. The molecule has 3 aromatic carbocycles. The van der Waals surface area contributed by atoms with Gasteiger partial charge in [0.2, 0.25) is 11.8 Å². The minimum atomic E-state index is -0.931. The zero-order valence-corrected chi connectivity index (χ0v) is 20.5. The molecule has 1 heterocycles. The van der Waals surface area contributed by atoms with Crippen LogP contribution in [0.3, 0.4) is 0 Å². The molecule has 1 aliphatic rings. The highest BCUT2D eigenvalue weighted by Gasteiger charge is 2.36. The van der Waals surface area contributed by atoms with E-state index in [1.54, 1.807) is 0 Å². The number of nitrogens with one attached hydrogen (secondary N) is 1. The number of benzene rings is 3. The number of primary amides is 1. The molecule has 0 bridgehead atoms. The van der Waals surface area contributed by atoms with E-state index in [1.165, 1.54) is 4.90 Å². The summed E-state index contributed by atoms with van der Waals surface area (Å²) in [7, 11) is 0. The number of nitrogens with zero attached hydrogens (tertiary/aromatic N) is 1. The fourth-order valence-corrected chi connectivity index (χ4v) is 4.29. The van der Waals surface area contributed by atoms with Gasteiger partial charge in [0, 0.05) is 13.0 Å². The molecule has 2 atom stereocenters. The molecule has 0 aliphatic carbocycles. The van der Waals surface area contributed by atoms with Gasteiger partial charge in [-0.3, -0.25) is 14.5 Å². The van der Waals surface area contributed by atoms with Crippen molar-refractivity contribution < 1.29 is 23.9 Å². The van der Waals surface area contributed by atoms with E-state index in [4.69, 9.17) is 15.2 Å². The molecule has 0 aromatic heterocycles. The monoisotopic (exact) mass is 501 g/mol. The molecular formula is C29H31N3O5. The van der Waals surface area contributed by atoms with Gasteiger partial charge in [-0.1, -0.05) is 72.8 Å². The van der Waals surface area contributed by atoms with Gasteiger partial charge in [-0.15, -0.1) is 0 Å². The number of likely N-dealkylation sites (tertiary alicyclic amines) is 1. The quantitative estimate of drug-likeness (QED) is 0.441. The molecular weight excluding hydrogens is 470 g/mol. The van der Waals surface area contributed by atoms with E-state index in [2.05, 4.69) is 5.32 Å². The van der Waals surface area contributed by atoms with Crippen molar-refractivity contribution in [2.24, 2.45) is 5.73 Å². The fourth-order valence-electron chi connectivity index (χ4n) is 4.29. The van der Waals surface area contributed by atoms with Crippen molar-refractivity contribution in [1.29, 1.82) is 0 Å². The summed E-state index contributed by atoms with van der Waals surface area (Å²) < 4.78 is 11.3. The summed E-state index contributed by atoms with van der Waals surface area (Å²) in [5, 5.41) is 2.74. The average molecular weight is 502 g/mol. The molecule has 0 unspecified atom stereocenters. The Morgan fingerprint density at radius 1 is 0.892 bits per heavy atom. The van der Waals surface area contributed by atoms with Crippen molar-refractivity contribution in [3.05, 3.63) is 102 Å². The van der Waals surface area contributed by atoms with Crippen LogP contribution in [0.15, 0.2) is 84.9 Å². The van der Waals surface area contributed by atoms with E-state index >= 15 is 0 Å². The summed E-state index contributed by atoms with van der Waals surface area (Å²) in [5.41, 5.74) is 8.31. The summed E-state index contributed by atoms with van der Waals surface area (Å²) in [6.07, 6.45) is 0.802. The second kappa shape index (κ2) is 12.6. The molecule has 192 valence electrons. The van der Waals surface area contributed by atoms with Gasteiger partial charge in [0.15, 0.2) is 0 Å². The summed E-state index contributed by atoms with van der Waals surface area (Å²) in [6, 6.07) is 24.8. The molecule has 37 heavy (non-hydrogen) atoms. The Balaban J connectivity index is 1.34. The third kappa shape index (κ3) is 7.33. The van der Waals surface area contributed by atoms with E-state index in [-0.39, 0.29) is 13.0 Å². The zero-order valence-electron chi connectivity index (χ0n) is 20.5. The largest absolute Gasteiger partial charge is 0.489 e. The van der Waals surface area contributed by atoms with Crippen LogP contribution in [0.2, 0.25) is 0 Å². The van der Waals surface area contributed by atoms with Crippen LogP contribution in [0.1, 0.15) is 29.5 Å². The van der Waals surface area contributed by atoms with Crippen LogP contribution in [0.25, 0.3) is 0 Å². The van der Waals surface area contributed by atoms with E-state index in [0.717, 1.165) is 16.7 Å². The van der Waals surface area contributed by atoms with E-state index < -0.39 is 30.0 Å². The van der Waals surface area contributed by atoms with Crippen LogP contribution in [0, 0.1) is 0 Å². The average Bonchev–Trinajstić information content (AvgIpc) is 3.42. The van der Waals surface area contributed by atoms with Crippen molar-refractivity contribution in [1.82, 2.24) is 10.2 Å². The second-order valence-electron chi connectivity index (χ2n) is 8.98. The minimum absolute atomic E-state index is 0.122. The molecule has 3 N–H and O–H groups in total. The van der Waals surface area contributed by atoms with Crippen LogP contribution in [-0.2, 0) is 34.0 Å². The molecule has 0 radical (unpaired) electrons. The number of rotatable bonds is 10. The van der Waals surface area contributed by atoms with Crippen molar-refractivity contribution in [2.45, 2.75) is 44.6 Å². The number of hydrogen-bond acceptors (Lipinski definition) is 5. The predicted octanol–water partition coefficient (Wildman–Crippen LogP) is 3.58. The predicted molar refractivity (Wildman–Crippen MR) is 138 cm³/mol. The zero-order chi connectivity index (χ0) is 26.0.